The first-order valence-electron chi connectivity index (χ1n) is 7.05. The van der Waals surface area contributed by atoms with Crippen molar-refractivity contribution in [2.24, 2.45) is 7.05 Å². The Bertz CT molecular complexity index is 717. The number of hydrogen-bond acceptors (Lipinski definition) is 4. The SMILES string of the molecule is CC(=O)N(C)Cc1nn(C)c2c1CN(C(=O)c1ccco1)C2. The van der Waals surface area contributed by atoms with Gasteiger partial charge in [0.2, 0.25) is 5.91 Å². The number of fused-ring (bicyclic) bond motifs is 1. The van der Waals surface area contributed by atoms with E-state index in [-0.39, 0.29) is 11.8 Å². The molecule has 0 aromatic carbocycles. The molecule has 0 aliphatic carbocycles. The van der Waals surface area contributed by atoms with E-state index < -0.39 is 0 Å². The summed E-state index contributed by atoms with van der Waals surface area (Å²) in [6.45, 7) is 2.96. The van der Waals surface area contributed by atoms with Crippen molar-refractivity contribution >= 4 is 11.8 Å². The molecule has 22 heavy (non-hydrogen) atoms. The van der Waals surface area contributed by atoms with Crippen molar-refractivity contribution in [2.45, 2.75) is 26.6 Å². The summed E-state index contributed by atoms with van der Waals surface area (Å²) in [5, 5.41) is 4.47. The van der Waals surface area contributed by atoms with E-state index >= 15 is 0 Å². The molecule has 3 heterocycles. The molecule has 116 valence electrons. The predicted octanol–water partition coefficient (Wildman–Crippen LogP) is 1.15. The molecular weight excluding hydrogens is 284 g/mol. The van der Waals surface area contributed by atoms with Crippen molar-refractivity contribution in [3.63, 3.8) is 0 Å². The molecular formula is C15H18N4O3. The number of hydrogen-bond donors (Lipinski definition) is 0. The average molecular weight is 302 g/mol. The fourth-order valence-corrected chi connectivity index (χ4v) is 2.63. The molecule has 7 heteroatoms. The molecule has 0 saturated heterocycles. The Kier molecular flexibility index (Phi) is 3.48. The number of aromatic nitrogens is 2. The summed E-state index contributed by atoms with van der Waals surface area (Å²) in [5.74, 6) is 0.191. The Labute approximate surface area is 128 Å². The number of nitrogens with zero attached hydrogens (tertiary/aromatic N) is 4. The monoisotopic (exact) mass is 302 g/mol. The summed E-state index contributed by atoms with van der Waals surface area (Å²) in [7, 11) is 3.60. The summed E-state index contributed by atoms with van der Waals surface area (Å²) in [6, 6.07) is 3.36. The highest BCUT2D eigenvalue weighted by atomic mass is 16.3. The van der Waals surface area contributed by atoms with Gasteiger partial charge in [0.05, 0.1) is 37.3 Å². The third kappa shape index (κ3) is 2.38. The Morgan fingerprint density at radius 1 is 1.41 bits per heavy atom. The molecule has 0 spiro atoms. The van der Waals surface area contributed by atoms with Crippen LogP contribution in [0.4, 0.5) is 0 Å². The lowest BCUT2D eigenvalue weighted by atomic mass is 10.2. The normalized spacial score (nSPS) is 13.3. The summed E-state index contributed by atoms with van der Waals surface area (Å²) < 4.78 is 6.96. The molecule has 0 atom stereocenters. The van der Waals surface area contributed by atoms with Crippen LogP contribution in [0.3, 0.4) is 0 Å². The molecule has 0 fully saturated rings. The molecule has 1 aliphatic rings. The van der Waals surface area contributed by atoms with Crippen LogP contribution in [-0.4, -0.2) is 38.4 Å². The van der Waals surface area contributed by atoms with Crippen LogP contribution in [0, 0.1) is 0 Å². The zero-order valence-electron chi connectivity index (χ0n) is 12.9. The van der Waals surface area contributed by atoms with Gasteiger partial charge in [0.1, 0.15) is 0 Å². The Hall–Kier alpha value is -2.57. The fourth-order valence-electron chi connectivity index (χ4n) is 2.63. The number of amides is 2. The lowest BCUT2D eigenvalue weighted by Gasteiger charge is -2.16. The minimum atomic E-state index is -0.132. The first kappa shape index (κ1) is 14.4. The maximum absolute atomic E-state index is 12.4. The quantitative estimate of drug-likeness (QED) is 0.852. The fraction of sp³-hybridized carbons (Fsp3) is 0.400. The van der Waals surface area contributed by atoms with Gasteiger partial charge in [-0.25, -0.2) is 0 Å². The first-order chi connectivity index (χ1) is 10.5. The van der Waals surface area contributed by atoms with Crippen molar-refractivity contribution in [1.82, 2.24) is 19.6 Å². The second-order valence-electron chi connectivity index (χ2n) is 5.51. The molecule has 0 saturated carbocycles. The van der Waals surface area contributed by atoms with Gasteiger partial charge in [0.15, 0.2) is 5.76 Å². The second-order valence-corrected chi connectivity index (χ2v) is 5.51. The molecule has 0 radical (unpaired) electrons. The standard InChI is InChI=1S/C15H18N4O3/c1-10(20)17(2)8-12-11-7-19(9-13(11)18(3)16-12)15(21)14-5-4-6-22-14/h4-6H,7-9H2,1-3H3. The summed E-state index contributed by atoms with van der Waals surface area (Å²) in [6.07, 6.45) is 1.49. The van der Waals surface area contributed by atoms with Crippen molar-refractivity contribution in [1.29, 1.82) is 0 Å². The predicted molar refractivity (Wildman–Crippen MR) is 77.6 cm³/mol. The Morgan fingerprint density at radius 3 is 2.82 bits per heavy atom. The lowest BCUT2D eigenvalue weighted by Crippen LogP contribution is -2.27. The largest absolute Gasteiger partial charge is 0.459 e. The van der Waals surface area contributed by atoms with Gasteiger partial charge in [-0.15, -0.1) is 0 Å². The summed E-state index contributed by atoms with van der Waals surface area (Å²) >= 11 is 0. The topological polar surface area (TPSA) is 71.6 Å². The van der Waals surface area contributed by atoms with E-state index in [4.69, 9.17) is 4.42 Å². The van der Waals surface area contributed by atoms with Gasteiger partial charge in [-0.05, 0) is 12.1 Å². The molecule has 2 amide bonds. The van der Waals surface area contributed by atoms with E-state index in [1.807, 2.05) is 7.05 Å². The van der Waals surface area contributed by atoms with Crippen molar-refractivity contribution < 1.29 is 14.0 Å². The van der Waals surface area contributed by atoms with Gasteiger partial charge in [0.25, 0.3) is 5.91 Å². The van der Waals surface area contributed by atoms with Crippen LogP contribution in [0.25, 0.3) is 0 Å². The van der Waals surface area contributed by atoms with Crippen LogP contribution in [0.2, 0.25) is 0 Å². The van der Waals surface area contributed by atoms with E-state index in [0.717, 1.165) is 17.0 Å². The third-order valence-electron chi connectivity index (χ3n) is 3.99. The molecule has 0 unspecified atom stereocenters. The van der Waals surface area contributed by atoms with E-state index in [9.17, 15) is 9.59 Å². The van der Waals surface area contributed by atoms with Crippen molar-refractivity contribution in [2.75, 3.05) is 7.05 Å². The van der Waals surface area contributed by atoms with Crippen LogP contribution >= 0.6 is 0 Å². The zero-order valence-corrected chi connectivity index (χ0v) is 12.9. The van der Waals surface area contributed by atoms with E-state index in [2.05, 4.69) is 5.10 Å². The highest BCUT2D eigenvalue weighted by molar-refractivity contribution is 5.91. The zero-order chi connectivity index (χ0) is 15.9. The minimum absolute atomic E-state index is 0.0130. The van der Waals surface area contributed by atoms with Gasteiger partial charge < -0.3 is 14.2 Å². The number of aryl methyl sites for hydroxylation is 1. The first-order valence-corrected chi connectivity index (χ1v) is 7.05. The maximum Gasteiger partial charge on any atom is 0.290 e. The van der Waals surface area contributed by atoms with E-state index in [1.54, 1.807) is 33.7 Å². The number of rotatable bonds is 3. The van der Waals surface area contributed by atoms with E-state index in [1.165, 1.54) is 13.2 Å². The highest BCUT2D eigenvalue weighted by Gasteiger charge is 2.31. The lowest BCUT2D eigenvalue weighted by molar-refractivity contribution is -0.128. The molecule has 0 N–H and O–H groups in total. The molecule has 7 nitrogen and oxygen atoms in total. The van der Waals surface area contributed by atoms with Gasteiger partial charge >= 0.3 is 0 Å². The smallest absolute Gasteiger partial charge is 0.290 e. The van der Waals surface area contributed by atoms with Gasteiger partial charge in [0, 0.05) is 26.6 Å². The molecule has 0 bridgehead atoms. The average Bonchev–Trinajstić information content (AvgIpc) is 3.18. The number of carbonyl (C=O) groups excluding carboxylic acids is 2. The maximum atomic E-state index is 12.4. The van der Waals surface area contributed by atoms with Crippen LogP contribution in [-0.2, 0) is 31.5 Å². The molecule has 2 aromatic rings. The number of furan rings is 1. The van der Waals surface area contributed by atoms with Gasteiger partial charge in [-0.1, -0.05) is 0 Å². The van der Waals surface area contributed by atoms with Gasteiger partial charge in [-0.3, -0.25) is 14.3 Å². The van der Waals surface area contributed by atoms with Crippen molar-refractivity contribution in [3.05, 3.63) is 41.1 Å². The number of carbonyl (C=O) groups is 2. The van der Waals surface area contributed by atoms with Crippen LogP contribution < -0.4 is 0 Å². The highest BCUT2D eigenvalue weighted by Crippen LogP contribution is 2.27. The van der Waals surface area contributed by atoms with Crippen molar-refractivity contribution in [3.8, 4) is 0 Å². The Morgan fingerprint density at radius 2 is 2.18 bits per heavy atom. The second kappa shape index (κ2) is 5.32. The molecule has 3 rings (SSSR count). The van der Waals surface area contributed by atoms with Crippen LogP contribution in [0.5, 0.6) is 0 Å². The Balaban J connectivity index is 1.81. The summed E-state index contributed by atoms with van der Waals surface area (Å²) in [5.41, 5.74) is 2.87. The molecule has 1 aliphatic heterocycles. The summed E-state index contributed by atoms with van der Waals surface area (Å²) in [4.78, 5) is 27.1. The van der Waals surface area contributed by atoms with Gasteiger partial charge in [-0.2, -0.15) is 5.10 Å². The minimum Gasteiger partial charge on any atom is -0.459 e. The van der Waals surface area contributed by atoms with Crippen LogP contribution in [0.1, 0.15) is 34.4 Å². The third-order valence-corrected chi connectivity index (χ3v) is 3.99. The molecule has 2 aromatic heterocycles. The van der Waals surface area contributed by atoms with E-state index in [0.29, 0.717) is 25.4 Å². The van der Waals surface area contributed by atoms with Crippen LogP contribution in [0.15, 0.2) is 22.8 Å².